The van der Waals surface area contributed by atoms with Gasteiger partial charge in [-0.25, -0.2) is 4.98 Å². The molecule has 1 aromatic heterocycles. The van der Waals surface area contributed by atoms with Crippen molar-refractivity contribution >= 4 is 29.1 Å². The SMILES string of the molecule is N#Cc1cc(Cl)cnc1SCCN1CCN(c2ccc(C#N)c3c2OCCO3)CC1. The summed E-state index contributed by atoms with van der Waals surface area (Å²) in [6.45, 7) is 5.47. The van der Waals surface area contributed by atoms with Gasteiger partial charge in [-0.15, -0.1) is 11.8 Å². The molecular formula is C21H20ClN5O2S. The Kier molecular flexibility index (Phi) is 6.49. The van der Waals surface area contributed by atoms with Crippen molar-refractivity contribution in [2.45, 2.75) is 5.03 Å². The summed E-state index contributed by atoms with van der Waals surface area (Å²) in [6, 6.07) is 9.73. The van der Waals surface area contributed by atoms with E-state index in [1.807, 2.05) is 6.07 Å². The predicted molar refractivity (Wildman–Crippen MR) is 115 cm³/mol. The van der Waals surface area contributed by atoms with Crippen LogP contribution >= 0.6 is 23.4 Å². The van der Waals surface area contributed by atoms with E-state index in [1.54, 1.807) is 30.1 Å². The van der Waals surface area contributed by atoms with Crippen molar-refractivity contribution in [1.29, 1.82) is 10.5 Å². The van der Waals surface area contributed by atoms with E-state index in [0.717, 1.165) is 49.2 Å². The lowest BCUT2D eigenvalue weighted by Crippen LogP contribution is -2.47. The number of aromatic nitrogens is 1. The molecule has 1 aromatic carbocycles. The van der Waals surface area contributed by atoms with Gasteiger partial charge in [-0.05, 0) is 18.2 Å². The largest absolute Gasteiger partial charge is 0.485 e. The molecule has 30 heavy (non-hydrogen) atoms. The standard InChI is InChI=1S/C21H20ClN5O2S/c22-17-11-16(13-24)21(25-14-17)30-10-7-26-3-5-27(6-4-26)18-2-1-15(12-23)19-20(18)29-9-8-28-19/h1-2,11,14H,3-10H2. The fourth-order valence-electron chi connectivity index (χ4n) is 3.57. The van der Waals surface area contributed by atoms with Crippen LogP contribution in [0.15, 0.2) is 29.4 Å². The molecule has 0 saturated carbocycles. The summed E-state index contributed by atoms with van der Waals surface area (Å²) in [4.78, 5) is 8.96. The van der Waals surface area contributed by atoms with Crippen LogP contribution in [0.4, 0.5) is 5.69 Å². The molecule has 0 N–H and O–H groups in total. The summed E-state index contributed by atoms with van der Waals surface area (Å²) in [5, 5.41) is 19.7. The highest BCUT2D eigenvalue weighted by Gasteiger charge is 2.25. The zero-order chi connectivity index (χ0) is 20.9. The Morgan fingerprint density at radius 3 is 2.50 bits per heavy atom. The third kappa shape index (κ3) is 4.41. The van der Waals surface area contributed by atoms with Crippen LogP contribution in [-0.2, 0) is 0 Å². The Morgan fingerprint density at radius 1 is 1.03 bits per heavy atom. The first-order chi connectivity index (χ1) is 14.7. The molecule has 3 heterocycles. The molecule has 1 fully saturated rings. The normalized spacial score (nSPS) is 16.0. The number of anilines is 1. The van der Waals surface area contributed by atoms with Gasteiger partial charge in [0.05, 0.1) is 21.8 Å². The molecule has 7 nitrogen and oxygen atoms in total. The minimum absolute atomic E-state index is 0.465. The van der Waals surface area contributed by atoms with Crippen molar-refractivity contribution in [3.8, 4) is 23.6 Å². The van der Waals surface area contributed by atoms with Crippen molar-refractivity contribution in [3.05, 3.63) is 40.5 Å². The Morgan fingerprint density at radius 2 is 1.77 bits per heavy atom. The molecule has 0 radical (unpaired) electrons. The molecule has 0 amide bonds. The van der Waals surface area contributed by atoms with Crippen molar-refractivity contribution in [2.75, 3.05) is 56.6 Å². The van der Waals surface area contributed by atoms with Crippen LogP contribution in [0.25, 0.3) is 0 Å². The van der Waals surface area contributed by atoms with E-state index in [1.165, 1.54) is 0 Å². The number of hydrogen-bond donors (Lipinski definition) is 0. The first-order valence-electron chi connectivity index (χ1n) is 9.68. The van der Waals surface area contributed by atoms with Crippen LogP contribution in [0, 0.1) is 22.7 Å². The molecule has 9 heteroatoms. The smallest absolute Gasteiger partial charge is 0.186 e. The molecule has 2 aliphatic rings. The van der Waals surface area contributed by atoms with E-state index >= 15 is 0 Å². The molecule has 4 rings (SSSR count). The summed E-state index contributed by atoms with van der Waals surface area (Å²) >= 11 is 7.49. The molecule has 1 saturated heterocycles. The van der Waals surface area contributed by atoms with Gasteiger partial charge in [0.15, 0.2) is 11.5 Å². The van der Waals surface area contributed by atoms with Crippen molar-refractivity contribution in [2.24, 2.45) is 0 Å². The Hall–Kier alpha value is -2.65. The monoisotopic (exact) mass is 441 g/mol. The maximum Gasteiger partial charge on any atom is 0.186 e. The molecule has 154 valence electrons. The maximum absolute atomic E-state index is 9.30. The average Bonchev–Trinajstić information content (AvgIpc) is 2.79. The molecule has 0 bridgehead atoms. The van der Waals surface area contributed by atoms with Crippen LogP contribution < -0.4 is 14.4 Å². The minimum atomic E-state index is 0.465. The van der Waals surface area contributed by atoms with Crippen molar-refractivity contribution in [3.63, 3.8) is 0 Å². The lowest BCUT2D eigenvalue weighted by molar-refractivity contribution is 0.171. The molecule has 2 aromatic rings. The first-order valence-corrected chi connectivity index (χ1v) is 11.0. The predicted octanol–water partition coefficient (Wildman–Crippen LogP) is 3.16. The van der Waals surface area contributed by atoms with Gasteiger partial charge in [0.25, 0.3) is 0 Å². The van der Waals surface area contributed by atoms with Crippen molar-refractivity contribution < 1.29 is 9.47 Å². The van der Waals surface area contributed by atoms with Crippen LogP contribution in [0.2, 0.25) is 5.02 Å². The summed E-state index contributed by atoms with van der Waals surface area (Å²) < 4.78 is 11.5. The zero-order valence-electron chi connectivity index (χ0n) is 16.3. The second-order valence-corrected chi connectivity index (χ2v) is 8.41. The maximum atomic E-state index is 9.30. The number of ether oxygens (including phenoxy) is 2. The molecule has 0 aliphatic carbocycles. The van der Waals surface area contributed by atoms with E-state index in [0.29, 0.717) is 40.9 Å². The van der Waals surface area contributed by atoms with Crippen LogP contribution in [0.1, 0.15) is 11.1 Å². The number of thioether (sulfide) groups is 1. The highest BCUT2D eigenvalue weighted by atomic mass is 35.5. The van der Waals surface area contributed by atoms with Gasteiger partial charge < -0.3 is 14.4 Å². The number of nitrogens with zero attached hydrogens (tertiary/aromatic N) is 5. The van der Waals surface area contributed by atoms with E-state index in [2.05, 4.69) is 26.9 Å². The third-order valence-corrected chi connectivity index (χ3v) is 6.28. The Labute approximate surface area is 184 Å². The molecule has 0 atom stereocenters. The van der Waals surface area contributed by atoms with E-state index in [4.69, 9.17) is 21.1 Å². The zero-order valence-corrected chi connectivity index (χ0v) is 17.9. The van der Waals surface area contributed by atoms with E-state index < -0.39 is 0 Å². The van der Waals surface area contributed by atoms with Gasteiger partial charge in [-0.1, -0.05) is 11.6 Å². The first kappa shape index (κ1) is 20.6. The number of hydrogen-bond acceptors (Lipinski definition) is 8. The highest BCUT2D eigenvalue weighted by Crippen LogP contribution is 2.42. The highest BCUT2D eigenvalue weighted by molar-refractivity contribution is 7.99. The third-order valence-electron chi connectivity index (χ3n) is 5.09. The van der Waals surface area contributed by atoms with Gasteiger partial charge in [0, 0.05) is 44.7 Å². The Bertz CT molecular complexity index is 1010. The molecular weight excluding hydrogens is 422 g/mol. The van der Waals surface area contributed by atoms with Crippen molar-refractivity contribution in [1.82, 2.24) is 9.88 Å². The number of halogens is 1. The number of nitriles is 2. The molecule has 0 spiro atoms. The summed E-state index contributed by atoms with van der Waals surface area (Å²) in [6.07, 6.45) is 1.58. The van der Waals surface area contributed by atoms with Crippen LogP contribution in [0.5, 0.6) is 11.5 Å². The van der Waals surface area contributed by atoms with Gasteiger partial charge in [0.1, 0.15) is 30.4 Å². The fraction of sp³-hybridized carbons (Fsp3) is 0.381. The quantitative estimate of drug-likeness (QED) is 0.654. The summed E-state index contributed by atoms with van der Waals surface area (Å²) in [5.41, 5.74) is 2.02. The minimum Gasteiger partial charge on any atom is -0.485 e. The number of piperazine rings is 1. The number of fused-ring (bicyclic) bond motifs is 1. The second kappa shape index (κ2) is 9.44. The fourth-order valence-corrected chi connectivity index (χ4v) is 4.65. The van der Waals surface area contributed by atoms with E-state index in [9.17, 15) is 10.5 Å². The number of rotatable bonds is 5. The molecule has 0 unspecified atom stereocenters. The number of pyridine rings is 1. The molecule has 2 aliphatic heterocycles. The Balaban J connectivity index is 1.33. The van der Waals surface area contributed by atoms with Crippen LogP contribution in [-0.4, -0.2) is 61.6 Å². The van der Waals surface area contributed by atoms with E-state index in [-0.39, 0.29) is 0 Å². The average molecular weight is 442 g/mol. The van der Waals surface area contributed by atoms with Gasteiger partial charge >= 0.3 is 0 Å². The van der Waals surface area contributed by atoms with Gasteiger partial charge in [-0.2, -0.15) is 10.5 Å². The lowest BCUT2D eigenvalue weighted by Gasteiger charge is -2.37. The topological polar surface area (TPSA) is 85.4 Å². The second-order valence-electron chi connectivity index (χ2n) is 6.89. The summed E-state index contributed by atoms with van der Waals surface area (Å²) in [5.74, 6) is 2.10. The van der Waals surface area contributed by atoms with Gasteiger partial charge in [0.2, 0.25) is 0 Å². The number of benzene rings is 1. The lowest BCUT2D eigenvalue weighted by atomic mass is 10.1. The summed E-state index contributed by atoms with van der Waals surface area (Å²) in [7, 11) is 0. The van der Waals surface area contributed by atoms with Gasteiger partial charge in [-0.3, -0.25) is 4.90 Å². The van der Waals surface area contributed by atoms with Crippen LogP contribution in [0.3, 0.4) is 0 Å².